The molecule has 0 saturated heterocycles. The first kappa shape index (κ1) is 90.9. The predicted molar refractivity (Wildman–Crippen MR) is 498 cm³/mol. The van der Waals surface area contributed by atoms with E-state index in [4.69, 9.17) is 43.5 Å². The SMILES string of the molecule is CN1C(=O)C[C@@](C)(c2ccc3c(Br)n(CC4CC4)nc3c2)N=C1N.CN1C(=O)C[C@@](C)(c2sccc2Br)N=C1N.CN1C(=O)[C@@H](c2ccc(C3CC3)cc2)[C@@](C)(c2cc(-c3cccc(C#N)c3)ccn2)N=C1N.COc1cc([C@]2(C)CC(=O)N(C)C(N)=N2)n(C)n1.NC1=NC(c2ccccc2)(c2ccccc2)C(=O)N1Cc1cccc(NS(=O)(=O)c2ccc(F)cc2)c1. The smallest absolute Gasteiger partial charge is 0.266 e. The number of ether oxygens (including phenoxy) is 1. The number of aryl methyl sites for hydroxylation is 1. The van der Waals surface area contributed by atoms with Crippen LogP contribution >= 0.6 is 43.2 Å². The zero-order valence-corrected chi connectivity index (χ0v) is 76.9. The van der Waals surface area contributed by atoms with Crippen molar-refractivity contribution < 1.29 is 41.5 Å². The summed E-state index contributed by atoms with van der Waals surface area (Å²) >= 11 is 8.71. The summed E-state index contributed by atoms with van der Waals surface area (Å²) in [5.41, 5.74) is 36.0. The maximum Gasteiger partial charge on any atom is 0.266 e. The summed E-state index contributed by atoms with van der Waals surface area (Å²) in [6, 6.07) is 61.3. The molecule has 30 nitrogen and oxygen atoms in total. The molecule has 660 valence electrons. The van der Waals surface area contributed by atoms with Gasteiger partial charge in [-0.2, -0.15) is 10.4 Å². The molecule has 0 unspecified atom stereocenters. The molecule has 2 fully saturated rings. The number of sulfonamides is 1. The van der Waals surface area contributed by atoms with Crippen molar-refractivity contribution in [2.75, 3.05) is 40.0 Å². The molecule has 0 bridgehead atoms. The zero-order chi connectivity index (χ0) is 91.7. The Labute approximate surface area is 761 Å². The fourth-order valence-electron chi connectivity index (χ4n) is 16.0. The highest BCUT2D eigenvalue weighted by molar-refractivity contribution is 9.11. The highest BCUT2D eigenvalue weighted by Crippen LogP contribution is 2.48. The number of nitrogens with two attached hydrogens (primary N) is 5. The molecule has 11 aromatic rings. The largest absolute Gasteiger partial charge is 0.480 e. The number of hydrogen-bond acceptors (Lipinski definition) is 23. The number of hydrogen-bond donors (Lipinski definition) is 6. The number of aliphatic imine (C=N–C) groups is 5. The first-order valence-corrected chi connectivity index (χ1v) is 45.0. The molecular formula is C93H97Br2FN22O8S2. The Balaban J connectivity index is 0.000000134. The van der Waals surface area contributed by atoms with Gasteiger partial charge < -0.3 is 33.4 Å². The molecule has 18 rings (SSSR count). The van der Waals surface area contributed by atoms with Gasteiger partial charge in [0.15, 0.2) is 35.3 Å². The highest BCUT2D eigenvalue weighted by Gasteiger charge is 2.52. The maximum atomic E-state index is 14.0. The number of thiophene rings is 1. The lowest BCUT2D eigenvalue weighted by molar-refractivity contribution is -0.131. The number of likely N-dealkylation sites (N-methyl/N-ethyl adjacent to an activating group) is 1. The summed E-state index contributed by atoms with van der Waals surface area (Å²) in [5.74, 6) is 1.29. The van der Waals surface area contributed by atoms with Crippen LogP contribution in [0.3, 0.4) is 0 Å². The van der Waals surface area contributed by atoms with Crippen LogP contribution in [-0.2, 0) is 81.8 Å². The van der Waals surface area contributed by atoms with E-state index in [-0.39, 0.29) is 77.2 Å². The van der Waals surface area contributed by atoms with Gasteiger partial charge in [-0.1, -0.05) is 115 Å². The number of anilines is 1. The van der Waals surface area contributed by atoms with Crippen LogP contribution < -0.4 is 38.1 Å². The summed E-state index contributed by atoms with van der Waals surface area (Å²) in [5, 5.41) is 21.2. The monoisotopic (exact) mass is 1890 g/mol. The predicted octanol–water partition coefficient (Wildman–Crippen LogP) is 12.8. The van der Waals surface area contributed by atoms with Crippen molar-refractivity contribution in [1.82, 2.24) is 49.0 Å². The second kappa shape index (κ2) is 36.6. The van der Waals surface area contributed by atoms with Crippen LogP contribution in [-0.4, -0.2) is 152 Å². The van der Waals surface area contributed by atoms with Gasteiger partial charge in [-0.3, -0.25) is 67.5 Å². The number of nitrogens with one attached hydrogen (secondary N) is 1. The van der Waals surface area contributed by atoms with Gasteiger partial charge in [-0.05, 0) is 226 Å². The first-order valence-electron chi connectivity index (χ1n) is 41.1. The molecule has 0 spiro atoms. The van der Waals surface area contributed by atoms with Crippen molar-refractivity contribution in [3.63, 3.8) is 0 Å². The highest BCUT2D eigenvalue weighted by atomic mass is 79.9. The molecule has 7 aliphatic rings. The number of halogens is 3. The molecule has 0 radical (unpaired) electrons. The molecule has 2 saturated carbocycles. The average molecular weight is 1890 g/mol. The van der Waals surface area contributed by atoms with Crippen molar-refractivity contribution >= 4 is 129 Å². The number of pyridine rings is 1. The number of rotatable bonds is 17. The van der Waals surface area contributed by atoms with Gasteiger partial charge in [-0.15, -0.1) is 16.4 Å². The van der Waals surface area contributed by atoms with Gasteiger partial charge in [0, 0.05) is 74.5 Å². The summed E-state index contributed by atoms with van der Waals surface area (Å²) in [7, 11) is 5.97. The molecular weight excluding hydrogens is 1800 g/mol. The molecule has 7 aromatic carbocycles. The van der Waals surface area contributed by atoms with Gasteiger partial charge in [-0.25, -0.2) is 37.8 Å². The Kier molecular flexibility index (Phi) is 26.0. The van der Waals surface area contributed by atoms with E-state index in [1.165, 1.54) is 67.9 Å². The number of nitrogens with zero attached hydrogens (tertiary/aromatic N) is 16. The van der Waals surface area contributed by atoms with Crippen molar-refractivity contribution in [2.45, 2.75) is 130 Å². The maximum absolute atomic E-state index is 14.0. The second-order valence-corrected chi connectivity index (χ2v) is 37.3. The second-order valence-electron chi connectivity index (χ2n) is 33.1. The Morgan fingerprint density at radius 1 is 0.586 bits per heavy atom. The van der Waals surface area contributed by atoms with Crippen LogP contribution in [0.1, 0.15) is 140 Å². The molecule has 35 heteroatoms. The minimum atomic E-state index is -3.93. The zero-order valence-electron chi connectivity index (χ0n) is 72.1. The number of benzene rings is 7. The number of carbonyl (C=O) groups excluding carboxylic acids is 5. The normalized spacial score (nSPS) is 21.3. The Bertz CT molecular complexity index is 6410. The van der Waals surface area contributed by atoms with Crippen molar-refractivity contribution in [2.24, 2.45) is 66.6 Å². The fraction of sp³-hybridized carbons (Fsp3) is 0.290. The number of nitriles is 1. The van der Waals surface area contributed by atoms with E-state index >= 15 is 0 Å². The quantitative estimate of drug-likeness (QED) is 0.0493. The van der Waals surface area contributed by atoms with E-state index in [0.29, 0.717) is 58.3 Å². The van der Waals surface area contributed by atoms with Gasteiger partial charge in [0.05, 0.1) is 77.8 Å². The summed E-state index contributed by atoms with van der Waals surface area (Å²) < 4.78 is 52.0. The van der Waals surface area contributed by atoms with Crippen LogP contribution in [0.15, 0.2) is 251 Å². The molecule has 4 aromatic heterocycles. The lowest BCUT2D eigenvalue weighted by Gasteiger charge is -2.40. The van der Waals surface area contributed by atoms with Crippen molar-refractivity contribution in [1.29, 1.82) is 5.26 Å². The van der Waals surface area contributed by atoms with Crippen LogP contribution in [0, 0.1) is 23.1 Å². The topological polar surface area (TPSA) is 421 Å². The molecule has 5 amide bonds. The Morgan fingerprint density at radius 2 is 1.16 bits per heavy atom. The van der Waals surface area contributed by atoms with Gasteiger partial charge >= 0.3 is 0 Å². The van der Waals surface area contributed by atoms with Crippen LogP contribution in [0.25, 0.3) is 22.0 Å². The van der Waals surface area contributed by atoms with E-state index in [2.05, 4.69) is 84.8 Å². The molecule has 2 aliphatic carbocycles. The van der Waals surface area contributed by atoms with Gasteiger partial charge in [0.1, 0.15) is 27.0 Å². The molecule has 9 heterocycles. The van der Waals surface area contributed by atoms with E-state index < -0.39 is 49.5 Å². The molecule has 11 N–H and O–H groups in total. The number of amides is 5. The third-order valence-electron chi connectivity index (χ3n) is 23.8. The van der Waals surface area contributed by atoms with E-state index in [9.17, 15) is 42.0 Å². The van der Waals surface area contributed by atoms with Crippen molar-refractivity contribution in [3.05, 3.63) is 282 Å². The van der Waals surface area contributed by atoms with E-state index in [1.54, 1.807) is 101 Å². The summed E-state index contributed by atoms with van der Waals surface area (Å²) in [6.07, 6.45) is 7.66. The van der Waals surface area contributed by atoms with Gasteiger partial charge in [0.25, 0.3) is 15.9 Å². The first-order chi connectivity index (χ1) is 60.9. The third kappa shape index (κ3) is 18.9. The number of methoxy groups -OCH3 is 1. The minimum Gasteiger partial charge on any atom is -0.480 e. The Morgan fingerprint density at radius 3 is 1.74 bits per heavy atom. The van der Waals surface area contributed by atoms with Gasteiger partial charge in [0.2, 0.25) is 29.5 Å². The number of guanidine groups is 5. The molecule has 5 atom stereocenters. The molecule has 128 heavy (non-hydrogen) atoms. The third-order valence-corrected chi connectivity index (χ3v) is 28.1. The number of aromatic nitrogens is 5. The van der Waals surface area contributed by atoms with Crippen molar-refractivity contribution in [3.8, 4) is 23.1 Å². The molecule has 5 aliphatic heterocycles. The lowest BCUT2D eigenvalue weighted by atomic mass is 9.76. The fourth-order valence-corrected chi connectivity index (χ4v) is 19.5. The van der Waals surface area contributed by atoms with E-state index in [0.717, 1.165) is 77.4 Å². The van der Waals surface area contributed by atoms with E-state index in [1.807, 2.05) is 165 Å². The number of fused-ring (bicyclic) bond motifs is 1. The minimum absolute atomic E-state index is 0.00435. The average Bonchev–Trinajstić information content (AvgIpc) is 1.44. The van der Waals surface area contributed by atoms with Crippen LogP contribution in [0.4, 0.5) is 10.1 Å². The summed E-state index contributed by atoms with van der Waals surface area (Å²) in [6.45, 7) is 8.70. The van der Waals surface area contributed by atoms with Crippen LogP contribution in [0.5, 0.6) is 5.88 Å². The number of carbonyl (C=O) groups is 5. The lowest BCUT2D eigenvalue weighted by Crippen LogP contribution is -2.52. The Hall–Kier alpha value is -13.3. The standard InChI is InChI=1S/C28H23FN4O3S.C27H25N5O.C17H20BrN5O.C11H17N5O2.C10H12BrN3OS/c29-23-14-16-25(17-15-23)37(35,36)32-24-13-7-8-20(18-24)19-33-26(34)28(31-27(33)30,21-9-3-1-4-10-21)22-11-5-2-6-12-22;1-27(23-15-22(12-13-30-23)21-5-3-4-17(14-21)16-28)24(25(33)32(2)26(29)31-27)20-10-8-19(9-11-20)18-6-7-18;1-17(8-14(24)22(2)16(19)20-17)11-5-6-12-13(7-11)21-23(15(12)18)9-10-3-4-10;1-11(6-9(17)15(2)10(12)13-11)7-5-8(18-4)14-16(7)3;1-10(8-6(11)3-4-16-8)5-7(15)14(2)9(12)13-10/h1-18,32H,19H2,(H2,30,31);3-5,8-15,18,24H,6-7H2,1-2H3,(H2,29,31);5-7,10H,3-4,8-9H2,1-2H3,(H2,19,20);5H,6H2,1-4H3,(H2,12,13);3-4H,5H2,1-2H3,(H2,12,13)/t;24-,27-;17-;11-;10-/m.1000/s1. The van der Waals surface area contributed by atoms with Crippen LogP contribution in [0.2, 0.25) is 0 Å². The summed E-state index contributed by atoms with van der Waals surface area (Å²) in [4.78, 5) is 98.7.